The topological polar surface area (TPSA) is 96.0 Å². The van der Waals surface area contributed by atoms with Gasteiger partial charge in [0.25, 0.3) is 10.0 Å². The van der Waals surface area contributed by atoms with Crippen molar-refractivity contribution in [2.45, 2.75) is 75.9 Å². The molecule has 0 heterocycles. The van der Waals surface area contributed by atoms with E-state index in [0.29, 0.717) is 12.2 Å². The average Bonchev–Trinajstić information content (AvgIpc) is 3.00. The van der Waals surface area contributed by atoms with Crippen LogP contribution in [-0.4, -0.2) is 50.9 Å². The Kier molecular flexibility index (Phi) is 10.8. The van der Waals surface area contributed by atoms with Gasteiger partial charge in [0.15, 0.2) is 0 Å². The lowest BCUT2D eigenvalue weighted by molar-refractivity contribution is -0.140. The molecule has 1 aliphatic carbocycles. The maximum Gasteiger partial charge on any atom is 0.264 e. The van der Waals surface area contributed by atoms with E-state index in [9.17, 15) is 22.4 Å². The van der Waals surface area contributed by atoms with Gasteiger partial charge in [-0.3, -0.25) is 13.9 Å². The predicted molar refractivity (Wildman–Crippen MR) is 165 cm³/mol. The first kappa shape index (κ1) is 32.0. The molecule has 2 amide bonds. The van der Waals surface area contributed by atoms with Crippen LogP contribution in [0.5, 0.6) is 5.75 Å². The molecule has 10 heteroatoms. The number of hydrogen-bond donors (Lipinski definition) is 1. The molecule has 1 aliphatic rings. The van der Waals surface area contributed by atoms with Gasteiger partial charge in [0.2, 0.25) is 11.8 Å². The number of halogens is 1. The van der Waals surface area contributed by atoms with E-state index in [4.69, 9.17) is 4.74 Å². The van der Waals surface area contributed by atoms with E-state index >= 15 is 0 Å². The summed E-state index contributed by atoms with van der Waals surface area (Å²) in [7, 11) is -2.79. The van der Waals surface area contributed by atoms with Crippen molar-refractivity contribution in [1.29, 1.82) is 0 Å². The molecular weight excluding hydrogens is 569 g/mol. The fraction of sp³-hybridized carbons (Fsp3) is 0.394. The van der Waals surface area contributed by atoms with Crippen LogP contribution < -0.4 is 14.4 Å². The summed E-state index contributed by atoms with van der Waals surface area (Å²) in [4.78, 5) is 29.2. The minimum absolute atomic E-state index is 0.0531. The van der Waals surface area contributed by atoms with Crippen LogP contribution in [0.25, 0.3) is 0 Å². The lowest BCUT2D eigenvalue weighted by atomic mass is 9.95. The molecule has 1 fully saturated rings. The Hall–Kier alpha value is -3.92. The molecule has 1 N–H and O–H groups in total. The van der Waals surface area contributed by atoms with E-state index in [2.05, 4.69) is 5.32 Å². The van der Waals surface area contributed by atoms with Crippen LogP contribution in [0, 0.1) is 12.7 Å². The van der Waals surface area contributed by atoms with Crippen molar-refractivity contribution in [2.75, 3.05) is 18.0 Å². The minimum atomic E-state index is -4.27. The van der Waals surface area contributed by atoms with E-state index in [-0.39, 0.29) is 29.1 Å². The van der Waals surface area contributed by atoms with Gasteiger partial charge in [-0.05, 0) is 80.3 Å². The highest BCUT2D eigenvalue weighted by molar-refractivity contribution is 7.92. The molecule has 1 saturated carbocycles. The summed E-state index contributed by atoms with van der Waals surface area (Å²) in [6.07, 6.45) is 5.37. The molecule has 230 valence electrons. The minimum Gasteiger partial charge on any atom is -0.497 e. The van der Waals surface area contributed by atoms with Gasteiger partial charge < -0.3 is 15.0 Å². The van der Waals surface area contributed by atoms with Gasteiger partial charge in [0.1, 0.15) is 24.2 Å². The van der Waals surface area contributed by atoms with E-state index in [1.54, 1.807) is 0 Å². The fourth-order valence-corrected chi connectivity index (χ4v) is 6.90. The highest BCUT2D eigenvalue weighted by Gasteiger charge is 2.34. The first-order chi connectivity index (χ1) is 20.6. The zero-order valence-corrected chi connectivity index (χ0v) is 25.8. The molecule has 3 aromatic rings. The van der Waals surface area contributed by atoms with E-state index in [1.807, 2.05) is 38.1 Å². The Morgan fingerprint density at radius 3 is 2.28 bits per heavy atom. The lowest BCUT2D eigenvalue weighted by Gasteiger charge is -2.34. The van der Waals surface area contributed by atoms with Gasteiger partial charge in [-0.25, -0.2) is 12.8 Å². The molecule has 8 nitrogen and oxygen atoms in total. The number of nitrogens with zero attached hydrogens (tertiary/aromatic N) is 2. The third kappa shape index (κ3) is 8.13. The Labute approximate surface area is 253 Å². The number of rotatable bonds is 12. The van der Waals surface area contributed by atoms with Crippen LogP contribution in [0.1, 0.15) is 56.6 Å². The second-order valence-electron chi connectivity index (χ2n) is 10.9. The van der Waals surface area contributed by atoms with Gasteiger partial charge in [-0.15, -0.1) is 0 Å². The van der Waals surface area contributed by atoms with Crippen molar-refractivity contribution in [3.05, 3.63) is 89.7 Å². The lowest BCUT2D eigenvalue weighted by Crippen LogP contribution is -2.54. The monoisotopic (exact) mass is 609 g/mol. The maximum absolute atomic E-state index is 14.2. The number of carbonyl (C=O) groups excluding carboxylic acids is 2. The van der Waals surface area contributed by atoms with Gasteiger partial charge >= 0.3 is 0 Å². The van der Waals surface area contributed by atoms with Crippen molar-refractivity contribution in [3.63, 3.8) is 0 Å². The molecule has 1 atom stereocenters. The van der Waals surface area contributed by atoms with Crippen LogP contribution in [0.4, 0.5) is 10.1 Å². The van der Waals surface area contributed by atoms with Crippen LogP contribution in [0.3, 0.4) is 0 Å². The first-order valence-corrected chi connectivity index (χ1v) is 16.1. The largest absolute Gasteiger partial charge is 0.497 e. The molecule has 3 aromatic carbocycles. The summed E-state index contributed by atoms with van der Waals surface area (Å²) in [5, 5.41) is 3.14. The van der Waals surface area contributed by atoms with Crippen molar-refractivity contribution in [1.82, 2.24) is 10.2 Å². The standard InChI is InChI=1S/C33H40FN3O5S/c1-4-31(33(39)35-27-11-6-5-7-12-27)36(22-25-10-8-9-24(2)21-25)32(38)23-37(28-15-13-26(34)14-16-28)43(40,41)30-19-17-29(42-3)18-20-30/h8-10,13-21,27,31H,4-7,11-12,22-23H2,1-3H3,(H,35,39)/t31-/m0/s1. The summed E-state index contributed by atoms with van der Waals surface area (Å²) in [5.74, 6) is -0.860. The molecule has 0 bridgehead atoms. The summed E-state index contributed by atoms with van der Waals surface area (Å²) < 4.78 is 47.9. The van der Waals surface area contributed by atoms with Crippen LogP contribution >= 0.6 is 0 Å². The van der Waals surface area contributed by atoms with Crippen LogP contribution in [0.15, 0.2) is 77.7 Å². The number of anilines is 1. The van der Waals surface area contributed by atoms with Crippen molar-refractivity contribution in [2.24, 2.45) is 0 Å². The highest BCUT2D eigenvalue weighted by Crippen LogP contribution is 2.27. The number of ether oxygens (including phenoxy) is 1. The summed E-state index contributed by atoms with van der Waals surface area (Å²) in [5.41, 5.74) is 1.95. The Morgan fingerprint density at radius 1 is 1.00 bits per heavy atom. The molecule has 0 saturated heterocycles. The van der Waals surface area contributed by atoms with Crippen LogP contribution in [0.2, 0.25) is 0 Å². The third-order valence-corrected chi connectivity index (χ3v) is 9.60. The number of carbonyl (C=O) groups is 2. The Balaban J connectivity index is 1.70. The van der Waals surface area contributed by atoms with E-state index < -0.39 is 34.3 Å². The second-order valence-corrected chi connectivity index (χ2v) is 12.8. The van der Waals surface area contributed by atoms with Crippen LogP contribution in [-0.2, 0) is 26.2 Å². The molecule has 0 unspecified atom stereocenters. The number of amides is 2. The summed E-state index contributed by atoms with van der Waals surface area (Å²) in [6, 6.07) is 17.7. The number of aryl methyl sites for hydroxylation is 1. The quantitative estimate of drug-likeness (QED) is 0.289. The predicted octanol–water partition coefficient (Wildman–Crippen LogP) is 5.59. The number of hydrogen-bond acceptors (Lipinski definition) is 5. The van der Waals surface area contributed by atoms with Gasteiger partial charge in [0.05, 0.1) is 17.7 Å². The SMILES string of the molecule is CC[C@@H](C(=O)NC1CCCCC1)N(Cc1cccc(C)c1)C(=O)CN(c1ccc(F)cc1)S(=O)(=O)c1ccc(OC)cc1. The molecular formula is C33H40FN3O5S. The zero-order chi connectivity index (χ0) is 31.0. The van der Waals surface area contributed by atoms with E-state index in [1.165, 1.54) is 48.4 Å². The van der Waals surface area contributed by atoms with Gasteiger partial charge in [-0.1, -0.05) is 56.0 Å². The van der Waals surface area contributed by atoms with Crippen molar-refractivity contribution >= 4 is 27.5 Å². The Morgan fingerprint density at radius 2 is 1.67 bits per heavy atom. The fourth-order valence-electron chi connectivity index (χ4n) is 5.48. The summed E-state index contributed by atoms with van der Waals surface area (Å²) >= 11 is 0. The third-order valence-electron chi connectivity index (χ3n) is 7.81. The summed E-state index contributed by atoms with van der Waals surface area (Å²) in [6.45, 7) is 3.32. The molecule has 0 aromatic heterocycles. The molecule has 0 radical (unpaired) electrons. The maximum atomic E-state index is 14.2. The smallest absolute Gasteiger partial charge is 0.264 e. The number of benzene rings is 3. The Bertz CT molecular complexity index is 1490. The van der Waals surface area contributed by atoms with Gasteiger partial charge in [-0.2, -0.15) is 0 Å². The van der Waals surface area contributed by atoms with Crippen molar-refractivity contribution < 1.29 is 27.1 Å². The molecule has 0 spiro atoms. The number of nitrogens with one attached hydrogen (secondary N) is 1. The average molecular weight is 610 g/mol. The molecule has 43 heavy (non-hydrogen) atoms. The van der Waals surface area contributed by atoms with E-state index in [0.717, 1.165) is 59.7 Å². The number of sulfonamides is 1. The highest BCUT2D eigenvalue weighted by atomic mass is 32.2. The molecule has 4 rings (SSSR count). The van der Waals surface area contributed by atoms with Gasteiger partial charge in [0, 0.05) is 12.6 Å². The second kappa shape index (κ2) is 14.5. The molecule has 0 aliphatic heterocycles. The normalized spacial score (nSPS) is 14.5. The zero-order valence-electron chi connectivity index (χ0n) is 25.0. The van der Waals surface area contributed by atoms with Crippen molar-refractivity contribution in [3.8, 4) is 5.75 Å². The first-order valence-electron chi connectivity index (χ1n) is 14.7. The number of methoxy groups -OCH3 is 1.